The van der Waals surface area contributed by atoms with Gasteiger partial charge in [-0.25, -0.2) is 0 Å². The van der Waals surface area contributed by atoms with E-state index < -0.39 is 5.60 Å². The molecule has 1 unspecified atom stereocenters. The van der Waals surface area contributed by atoms with Crippen LogP contribution in [0.4, 0.5) is 0 Å². The van der Waals surface area contributed by atoms with Crippen LogP contribution in [0, 0.1) is 0 Å². The number of rotatable bonds is 4. The van der Waals surface area contributed by atoms with Crippen LogP contribution >= 0.6 is 0 Å². The molecule has 1 rings (SSSR count). The van der Waals surface area contributed by atoms with Crippen LogP contribution in [-0.2, 0) is 5.60 Å². The summed E-state index contributed by atoms with van der Waals surface area (Å²) in [6.45, 7) is 5.49. The zero-order valence-corrected chi connectivity index (χ0v) is 8.03. The summed E-state index contributed by atoms with van der Waals surface area (Å²) < 4.78 is 0. The van der Waals surface area contributed by atoms with Gasteiger partial charge < -0.3 is 5.11 Å². The number of aliphatic hydroxyl groups is 1. The molecule has 1 N–H and O–H groups in total. The number of hydrogen-bond acceptors (Lipinski definition) is 1. The van der Waals surface area contributed by atoms with Crippen LogP contribution < -0.4 is 0 Å². The van der Waals surface area contributed by atoms with Gasteiger partial charge in [-0.1, -0.05) is 36.4 Å². The molecule has 13 heavy (non-hydrogen) atoms. The highest BCUT2D eigenvalue weighted by Crippen LogP contribution is 2.25. The SMILES string of the molecule is C=CCCC(C)(O)c1ccccc1. The van der Waals surface area contributed by atoms with Crippen molar-refractivity contribution < 1.29 is 5.11 Å². The average molecular weight is 176 g/mol. The largest absolute Gasteiger partial charge is 0.385 e. The van der Waals surface area contributed by atoms with Gasteiger partial charge in [0.25, 0.3) is 0 Å². The topological polar surface area (TPSA) is 20.2 Å². The Morgan fingerprint density at radius 3 is 2.54 bits per heavy atom. The first kappa shape index (κ1) is 10.0. The van der Waals surface area contributed by atoms with Crippen LogP contribution in [0.15, 0.2) is 43.0 Å². The first-order valence-corrected chi connectivity index (χ1v) is 4.55. The molecule has 0 radical (unpaired) electrons. The fraction of sp³-hybridized carbons (Fsp3) is 0.333. The van der Waals surface area contributed by atoms with Crippen molar-refractivity contribution in [1.29, 1.82) is 0 Å². The van der Waals surface area contributed by atoms with Crippen molar-refractivity contribution >= 4 is 0 Å². The van der Waals surface area contributed by atoms with Crippen molar-refractivity contribution in [2.24, 2.45) is 0 Å². The van der Waals surface area contributed by atoms with Crippen LogP contribution in [0.25, 0.3) is 0 Å². The average Bonchev–Trinajstić information content (AvgIpc) is 2.16. The molecule has 1 nitrogen and oxygen atoms in total. The lowest BCUT2D eigenvalue weighted by molar-refractivity contribution is 0.0488. The maximum Gasteiger partial charge on any atom is 0.0871 e. The maximum atomic E-state index is 10.1. The van der Waals surface area contributed by atoms with E-state index in [9.17, 15) is 5.11 Å². The van der Waals surface area contributed by atoms with E-state index in [1.807, 2.05) is 43.3 Å². The maximum absolute atomic E-state index is 10.1. The van der Waals surface area contributed by atoms with E-state index in [0.29, 0.717) is 0 Å². The van der Waals surface area contributed by atoms with Gasteiger partial charge in [-0.05, 0) is 25.3 Å². The summed E-state index contributed by atoms with van der Waals surface area (Å²) >= 11 is 0. The Balaban J connectivity index is 2.74. The highest BCUT2D eigenvalue weighted by molar-refractivity contribution is 5.21. The fourth-order valence-electron chi connectivity index (χ4n) is 1.32. The summed E-state index contributed by atoms with van der Waals surface area (Å²) in [5.41, 5.74) is 0.243. The Hall–Kier alpha value is -1.08. The van der Waals surface area contributed by atoms with Crippen molar-refractivity contribution in [1.82, 2.24) is 0 Å². The Bertz CT molecular complexity index is 262. The van der Waals surface area contributed by atoms with Crippen molar-refractivity contribution in [3.05, 3.63) is 48.6 Å². The molecule has 0 aliphatic heterocycles. The van der Waals surface area contributed by atoms with Crippen LogP contribution in [-0.4, -0.2) is 5.11 Å². The summed E-state index contributed by atoms with van der Waals surface area (Å²) in [4.78, 5) is 0. The summed E-state index contributed by atoms with van der Waals surface area (Å²) in [7, 11) is 0. The first-order valence-electron chi connectivity index (χ1n) is 4.55. The predicted molar refractivity (Wildman–Crippen MR) is 55.4 cm³/mol. The van der Waals surface area contributed by atoms with Crippen LogP contribution in [0.1, 0.15) is 25.3 Å². The minimum Gasteiger partial charge on any atom is -0.385 e. The number of hydrogen-bond donors (Lipinski definition) is 1. The van der Waals surface area contributed by atoms with Crippen molar-refractivity contribution in [3.63, 3.8) is 0 Å². The lowest BCUT2D eigenvalue weighted by Gasteiger charge is -2.22. The van der Waals surface area contributed by atoms with Gasteiger partial charge in [0.2, 0.25) is 0 Å². The van der Waals surface area contributed by atoms with Gasteiger partial charge in [0, 0.05) is 0 Å². The van der Waals surface area contributed by atoms with E-state index in [-0.39, 0.29) is 0 Å². The van der Waals surface area contributed by atoms with Crippen molar-refractivity contribution in [2.75, 3.05) is 0 Å². The quantitative estimate of drug-likeness (QED) is 0.699. The number of benzene rings is 1. The van der Waals surface area contributed by atoms with E-state index in [1.54, 1.807) is 0 Å². The monoisotopic (exact) mass is 176 g/mol. The van der Waals surface area contributed by atoms with Gasteiger partial charge in [-0.15, -0.1) is 6.58 Å². The van der Waals surface area contributed by atoms with Gasteiger partial charge in [0.15, 0.2) is 0 Å². The third kappa shape index (κ3) is 2.71. The second-order valence-corrected chi connectivity index (χ2v) is 3.47. The summed E-state index contributed by atoms with van der Waals surface area (Å²) in [6, 6.07) is 9.73. The van der Waals surface area contributed by atoms with Gasteiger partial charge in [-0.3, -0.25) is 0 Å². The normalized spacial score (nSPS) is 14.9. The smallest absolute Gasteiger partial charge is 0.0871 e. The van der Waals surface area contributed by atoms with Crippen LogP contribution in [0.2, 0.25) is 0 Å². The first-order chi connectivity index (χ1) is 6.17. The molecule has 0 saturated carbocycles. The van der Waals surface area contributed by atoms with Crippen LogP contribution in [0.3, 0.4) is 0 Å². The molecule has 0 aromatic heterocycles. The third-order valence-electron chi connectivity index (χ3n) is 2.23. The Morgan fingerprint density at radius 1 is 1.38 bits per heavy atom. The molecule has 70 valence electrons. The molecule has 0 fully saturated rings. The molecule has 1 aromatic carbocycles. The minimum absolute atomic E-state index is 0.723. The van der Waals surface area contributed by atoms with Crippen molar-refractivity contribution in [3.8, 4) is 0 Å². The highest BCUT2D eigenvalue weighted by atomic mass is 16.3. The molecule has 0 spiro atoms. The molecule has 0 bridgehead atoms. The second kappa shape index (κ2) is 4.24. The van der Waals surface area contributed by atoms with E-state index >= 15 is 0 Å². The van der Waals surface area contributed by atoms with Gasteiger partial charge in [0.1, 0.15) is 0 Å². The molecule has 0 amide bonds. The standard InChI is InChI=1S/C12H16O/c1-3-4-10-12(2,13)11-8-6-5-7-9-11/h3,5-9,13H,1,4,10H2,2H3. The van der Waals surface area contributed by atoms with E-state index in [1.165, 1.54) is 0 Å². The summed E-state index contributed by atoms with van der Waals surface area (Å²) in [6.07, 6.45) is 3.39. The molecule has 0 saturated heterocycles. The molecule has 0 aliphatic rings. The molecular formula is C12H16O. The molecule has 1 heteroatoms. The van der Waals surface area contributed by atoms with Gasteiger partial charge in [-0.2, -0.15) is 0 Å². The Kier molecular flexibility index (Phi) is 3.26. The molecule has 0 heterocycles. The summed E-state index contributed by atoms with van der Waals surface area (Å²) in [5.74, 6) is 0. The van der Waals surface area contributed by atoms with E-state index in [4.69, 9.17) is 0 Å². The lowest BCUT2D eigenvalue weighted by atomic mass is 9.91. The van der Waals surface area contributed by atoms with Gasteiger partial charge >= 0.3 is 0 Å². The van der Waals surface area contributed by atoms with Gasteiger partial charge in [0.05, 0.1) is 5.60 Å². The minimum atomic E-state index is -0.727. The Labute approximate surface area is 79.7 Å². The van der Waals surface area contributed by atoms with Crippen LogP contribution in [0.5, 0.6) is 0 Å². The zero-order valence-electron chi connectivity index (χ0n) is 8.03. The molecule has 1 atom stereocenters. The molecule has 1 aromatic rings. The van der Waals surface area contributed by atoms with E-state index in [2.05, 4.69) is 6.58 Å². The Morgan fingerprint density at radius 2 is 2.00 bits per heavy atom. The fourth-order valence-corrected chi connectivity index (χ4v) is 1.32. The lowest BCUT2D eigenvalue weighted by Crippen LogP contribution is -2.20. The molecule has 0 aliphatic carbocycles. The molecular weight excluding hydrogens is 160 g/mol. The van der Waals surface area contributed by atoms with E-state index in [0.717, 1.165) is 18.4 Å². The second-order valence-electron chi connectivity index (χ2n) is 3.47. The third-order valence-corrected chi connectivity index (χ3v) is 2.23. The zero-order chi connectivity index (χ0) is 9.73. The van der Waals surface area contributed by atoms with Crippen molar-refractivity contribution in [2.45, 2.75) is 25.4 Å². The summed E-state index contributed by atoms with van der Waals surface area (Å²) in [5, 5.41) is 10.1. The highest BCUT2D eigenvalue weighted by Gasteiger charge is 2.20. The predicted octanol–water partition coefficient (Wildman–Crippen LogP) is 2.86. The number of allylic oxidation sites excluding steroid dienone is 1.